The predicted octanol–water partition coefficient (Wildman–Crippen LogP) is 21.2. The van der Waals surface area contributed by atoms with Gasteiger partial charge in [0.1, 0.15) is 39.9 Å². The van der Waals surface area contributed by atoms with Crippen molar-refractivity contribution < 1.29 is 13.7 Å². The van der Waals surface area contributed by atoms with Crippen LogP contribution in [0.1, 0.15) is 130 Å². The summed E-state index contributed by atoms with van der Waals surface area (Å²) in [6, 6.07) is 71.2. The molecule has 0 atom stereocenters. The second-order valence-corrected chi connectivity index (χ2v) is 26.7. The van der Waals surface area contributed by atoms with Crippen molar-refractivity contribution in [3.63, 3.8) is 0 Å². The number of furan rings is 1. The van der Waals surface area contributed by atoms with Crippen molar-refractivity contribution in [3.05, 3.63) is 234 Å². The summed E-state index contributed by atoms with van der Waals surface area (Å²) in [4.78, 5) is 5.07. The lowest BCUT2D eigenvalue weighted by atomic mass is 9.85. The van der Waals surface area contributed by atoms with Crippen molar-refractivity contribution >= 4 is 54.8 Å². The second kappa shape index (κ2) is 20.4. The standard InChI is InChI=1S/C78H75N4O2/c1-48(2)59-21-18-22-60(49(3)4)72(59)52-42-56(80-47-81(67-26-16-15-25-66(67)80)74-61(50-28-32-53(33-29-50)76(5,6)7)23-19-24-62(74)51-30-34-54(35-31-51)77(8,9)10)45-58(43-52)83-57-36-37-65-69(46-57)82(71-44-55(40-41-79-71)78(11,12)13)68-39-38-64-63-20-14-17-27-70(63)84-75(64)73(65)68/h14-49H,1-13H3/q+1. The quantitative estimate of drug-likeness (QED) is 0.128. The fourth-order valence-corrected chi connectivity index (χ4v) is 12.6. The molecule has 0 amide bonds. The molecule has 13 aromatic rings. The molecule has 84 heavy (non-hydrogen) atoms. The SMILES string of the molecule is CC(C)c1cccc(C(C)C)c1-c1cc(Oc2ccc3c4c5oc6ccccc6c5ccc4n(-c4cc(C(C)(C)C)ccn4)c3c2)cc(-n2c[n+](-c3c(-c4ccc(C(C)(C)C)cc4)cccc3-c3ccc(C(C)(C)C)cc3)c3ccccc32)c1. The predicted molar refractivity (Wildman–Crippen MR) is 351 cm³/mol. The summed E-state index contributed by atoms with van der Waals surface area (Å²) in [7, 11) is 0. The van der Waals surface area contributed by atoms with Gasteiger partial charge in [-0.25, -0.2) is 4.98 Å². The lowest BCUT2D eigenvalue weighted by molar-refractivity contribution is -0.566. The molecule has 6 heteroatoms. The number of nitrogens with zero attached hydrogens (tertiary/aromatic N) is 4. The third kappa shape index (κ3) is 9.56. The number of ether oxygens (including phenoxy) is 1. The zero-order valence-electron chi connectivity index (χ0n) is 50.9. The molecule has 9 aromatic carbocycles. The lowest BCUT2D eigenvalue weighted by Gasteiger charge is -2.21. The Hall–Kier alpha value is -9.00. The Morgan fingerprint density at radius 1 is 0.476 bits per heavy atom. The maximum Gasteiger partial charge on any atom is 0.255 e. The van der Waals surface area contributed by atoms with Gasteiger partial charge < -0.3 is 9.15 Å². The van der Waals surface area contributed by atoms with Crippen molar-refractivity contribution in [2.45, 2.75) is 118 Å². The first-order valence-electron chi connectivity index (χ1n) is 29.9. The van der Waals surface area contributed by atoms with Crippen LogP contribution in [0.2, 0.25) is 0 Å². The van der Waals surface area contributed by atoms with E-state index in [1.807, 2.05) is 12.3 Å². The summed E-state index contributed by atoms with van der Waals surface area (Å²) in [6.07, 6.45) is 4.23. The normalized spacial score (nSPS) is 12.6. The van der Waals surface area contributed by atoms with E-state index < -0.39 is 0 Å². The molecule has 0 aliphatic heterocycles. The molecule has 0 aliphatic rings. The molecular weight excluding hydrogens is 1020 g/mol. The minimum Gasteiger partial charge on any atom is -0.457 e. The number of aromatic nitrogens is 4. The highest BCUT2D eigenvalue weighted by Crippen LogP contribution is 2.45. The number of hydrogen-bond donors (Lipinski definition) is 0. The first-order valence-corrected chi connectivity index (χ1v) is 29.9. The van der Waals surface area contributed by atoms with Crippen LogP contribution in [0, 0.1) is 0 Å². The van der Waals surface area contributed by atoms with Crippen LogP contribution in [-0.2, 0) is 16.2 Å². The summed E-state index contributed by atoms with van der Waals surface area (Å²) < 4.78 is 21.2. The number of hydrogen-bond acceptors (Lipinski definition) is 3. The van der Waals surface area contributed by atoms with Gasteiger partial charge in [-0.3, -0.25) is 4.57 Å². The van der Waals surface area contributed by atoms with Crippen molar-refractivity contribution in [1.29, 1.82) is 0 Å². The van der Waals surface area contributed by atoms with E-state index in [0.29, 0.717) is 5.75 Å². The van der Waals surface area contributed by atoms with Crippen LogP contribution in [0.15, 0.2) is 211 Å². The van der Waals surface area contributed by atoms with Gasteiger partial charge in [0.25, 0.3) is 6.33 Å². The number of fused-ring (bicyclic) bond motifs is 8. The molecule has 0 bridgehead atoms. The van der Waals surface area contributed by atoms with E-state index >= 15 is 0 Å². The van der Waals surface area contributed by atoms with E-state index in [2.05, 4.69) is 298 Å². The van der Waals surface area contributed by atoms with Crippen molar-refractivity contribution in [2.24, 2.45) is 0 Å². The van der Waals surface area contributed by atoms with Gasteiger partial charge in [-0.15, -0.1) is 0 Å². The van der Waals surface area contributed by atoms with Crippen molar-refractivity contribution in [2.75, 3.05) is 0 Å². The van der Waals surface area contributed by atoms with Gasteiger partial charge in [-0.1, -0.05) is 205 Å². The molecule has 418 valence electrons. The monoisotopic (exact) mass is 1100 g/mol. The van der Waals surface area contributed by atoms with E-state index in [1.165, 1.54) is 33.4 Å². The molecule has 4 aromatic heterocycles. The topological polar surface area (TPSA) is 49.0 Å². The third-order valence-electron chi connectivity index (χ3n) is 17.2. The van der Waals surface area contributed by atoms with E-state index in [4.69, 9.17) is 14.1 Å². The maximum absolute atomic E-state index is 7.36. The van der Waals surface area contributed by atoms with Gasteiger partial charge in [0, 0.05) is 45.6 Å². The Labute approximate surface area is 494 Å². The summed E-state index contributed by atoms with van der Waals surface area (Å²) in [6.45, 7) is 29.6. The average Bonchev–Trinajstić information content (AvgIpc) is 1.99. The van der Waals surface area contributed by atoms with Gasteiger partial charge >= 0.3 is 0 Å². The highest BCUT2D eigenvalue weighted by molar-refractivity contribution is 6.24. The number of benzene rings is 9. The summed E-state index contributed by atoms with van der Waals surface area (Å²) in [5.41, 5.74) is 21.3. The Bertz CT molecular complexity index is 4580. The number of imidazole rings is 1. The van der Waals surface area contributed by atoms with E-state index in [1.54, 1.807) is 0 Å². The zero-order chi connectivity index (χ0) is 58.6. The minimum atomic E-state index is -0.0875. The molecule has 0 fully saturated rings. The van der Waals surface area contributed by atoms with Crippen LogP contribution in [0.4, 0.5) is 0 Å². The smallest absolute Gasteiger partial charge is 0.255 e. The van der Waals surface area contributed by atoms with Gasteiger partial charge in [0.05, 0.1) is 16.4 Å². The Morgan fingerprint density at radius 2 is 1.08 bits per heavy atom. The lowest BCUT2D eigenvalue weighted by Crippen LogP contribution is -2.31. The van der Waals surface area contributed by atoms with E-state index in [0.717, 1.165) is 106 Å². The van der Waals surface area contributed by atoms with Crippen molar-refractivity contribution in [1.82, 2.24) is 14.1 Å². The molecule has 0 saturated heterocycles. The molecule has 4 heterocycles. The number of pyridine rings is 1. The zero-order valence-corrected chi connectivity index (χ0v) is 50.9. The number of para-hydroxylation sites is 4. The average molecular weight is 1100 g/mol. The van der Waals surface area contributed by atoms with Crippen LogP contribution in [0.25, 0.3) is 105 Å². The van der Waals surface area contributed by atoms with Crippen LogP contribution < -0.4 is 9.30 Å². The third-order valence-corrected chi connectivity index (χ3v) is 17.2. The fourth-order valence-electron chi connectivity index (χ4n) is 12.6. The maximum atomic E-state index is 7.36. The largest absolute Gasteiger partial charge is 0.457 e. The summed E-state index contributed by atoms with van der Waals surface area (Å²) in [5.74, 6) is 2.84. The molecular formula is C78H75N4O2+. The molecule has 13 rings (SSSR count). The number of rotatable bonds is 10. The van der Waals surface area contributed by atoms with E-state index in [9.17, 15) is 0 Å². The van der Waals surface area contributed by atoms with E-state index in [-0.39, 0.29) is 28.1 Å². The fraction of sp³-hybridized carbons (Fsp3) is 0.231. The highest BCUT2D eigenvalue weighted by atomic mass is 16.5. The van der Waals surface area contributed by atoms with Gasteiger partial charge in [-0.2, -0.15) is 9.13 Å². The second-order valence-electron chi connectivity index (χ2n) is 26.7. The first-order chi connectivity index (χ1) is 40.2. The minimum absolute atomic E-state index is 0.0228. The van der Waals surface area contributed by atoms with Crippen molar-refractivity contribution in [3.8, 4) is 62.1 Å². The Morgan fingerprint density at radius 3 is 1.73 bits per heavy atom. The molecule has 0 aliphatic carbocycles. The van der Waals surface area contributed by atoms with Crippen LogP contribution in [0.3, 0.4) is 0 Å². The Kier molecular flexibility index (Phi) is 13.2. The molecule has 0 saturated carbocycles. The van der Waals surface area contributed by atoms with Gasteiger partial charge in [-0.05, 0) is 145 Å². The van der Waals surface area contributed by atoms with Gasteiger partial charge in [0.15, 0.2) is 11.0 Å². The molecule has 6 nitrogen and oxygen atoms in total. The molecule has 0 unspecified atom stereocenters. The Balaban J connectivity index is 1.04. The van der Waals surface area contributed by atoms with Crippen LogP contribution >= 0.6 is 0 Å². The summed E-state index contributed by atoms with van der Waals surface area (Å²) in [5, 5.41) is 4.29. The van der Waals surface area contributed by atoms with Crippen LogP contribution in [-0.4, -0.2) is 14.1 Å². The first kappa shape index (κ1) is 54.3. The van der Waals surface area contributed by atoms with Crippen LogP contribution in [0.5, 0.6) is 11.5 Å². The molecule has 0 spiro atoms. The summed E-state index contributed by atoms with van der Waals surface area (Å²) >= 11 is 0. The molecule has 0 radical (unpaired) electrons. The van der Waals surface area contributed by atoms with Gasteiger partial charge in [0.2, 0.25) is 0 Å². The highest BCUT2D eigenvalue weighted by Gasteiger charge is 2.29. The molecule has 0 N–H and O–H groups in total.